The molecular formula is C14H10F5N3O3S. The largest absolute Gasteiger partial charge is 0.416 e. The number of rotatable bonds is 2. The van der Waals surface area contributed by atoms with E-state index in [9.17, 15) is 36.9 Å². The van der Waals surface area contributed by atoms with Crippen molar-refractivity contribution < 1.29 is 26.9 Å². The summed E-state index contributed by atoms with van der Waals surface area (Å²) in [6.45, 7) is -0.547. The van der Waals surface area contributed by atoms with Gasteiger partial charge in [-0.15, -0.1) is 0 Å². The van der Waals surface area contributed by atoms with E-state index in [-0.39, 0.29) is 29.2 Å². The molecule has 6 nitrogen and oxygen atoms in total. The number of hydrogen-bond acceptors (Lipinski definition) is 6. The monoisotopic (exact) mass is 395 g/mol. The normalized spacial score (nSPS) is 17.5. The Kier molecular flexibility index (Phi) is 4.33. The Morgan fingerprint density at radius 2 is 2.00 bits per heavy atom. The van der Waals surface area contributed by atoms with Crippen LogP contribution in [-0.2, 0) is 6.18 Å². The topological polar surface area (TPSA) is 76.3 Å². The molecule has 0 unspecified atom stereocenters. The lowest BCUT2D eigenvalue weighted by Crippen LogP contribution is -2.43. The van der Waals surface area contributed by atoms with Crippen LogP contribution in [0.2, 0.25) is 0 Å². The fraction of sp³-hybridized carbons (Fsp3) is 0.429. The van der Waals surface area contributed by atoms with Gasteiger partial charge >= 0.3 is 6.18 Å². The number of piperidine rings is 1. The van der Waals surface area contributed by atoms with E-state index in [4.69, 9.17) is 0 Å². The SMILES string of the molecule is O=c1nc(N2CCCC(F)(F)C2)sc2c([N+](=O)[O-])cc(C(F)(F)F)cc12. The highest BCUT2D eigenvalue weighted by Gasteiger charge is 2.37. The molecule has 0 aliphatic carbocycles. The number of anilines is 1. The van der Waals surface area contributed by atoms with Gasteiger partial charge in [-0.2, -0.15) is 18.2 Å². The van der Waals surface area contributed by atoms with Crippen LogP contribution in [0.15, 0.2) is 16.9 Å². The molecule has 1 aromatic heterocycles. The Hall–Kier alpha value is -2.37. The van der Waals surface area contributed by atoms with E-state index >= 15 is 0 Å². The van der Waals surface area contributed by atoms with Gasteiger partial charge in [-0.1, -0.05) is 11.3 Å². The standard InChI is InChI=1S/C14H10F5N3O3S/c15-13(16)2-1-3-21(6-13)12-20-11(23)8-4-7(14(17,18)19)5-9(22(24)25)10(8)26-12/h4-5H,1-3,6H2. The zero-order valence-corrected chi connectivity index (χ0v) is 13.7. The van der Waals surface area contributed by atoms with Crippen LogP contribution in [0.1, 0.15) is 18.4 Å². The van der Waals surface area contributed by atoms with Crippen LogP contribution in [0.5, 0.6) is 0 Å². The molecule has 2 heterocycles. The first kappa shape index (κ1) is 18.4. The number of nitro groups is 1. The molecule has 3 rings (SSSR count). The van der Waals surface area contributed by atoms with Crippen LogP contribution in [0, 0.1) is 10.1 Å². The molecule has 0 saturated carbocycles. The molecule has 0 radical (unpaired) electrons. The zero-order valence-electron chi connectivity index (χ0n) is 12.8. The molecule has 1 aromatic carbocycles. The number of nitrogens with zero attached hydrogens (tertiary/aromatic N) is 3. The molecule has 26 heavy (non-hydrogen) atoms. The molecule has 0 amide bonds. The predicted molar refractivity (Wildman–Crippen MR) is 83.9 cm³/mol. The molecule has 2 aromatic rings. The summed E-state index contributed by atoms with van der Waals surface area (Å²) in [7, 11) is 0. The lowest BCUT2D eigenvalue weighted by molar-refractivity contribution is -0.383. The Morgan fingerprint density at radius 3 is 2.58 bits per heavy atom. The van der Waals surface area contributed by atoms with Gasteiger partial charge < -0.3 is 4.90 Å². The third-order valence-electron chi connectivity index (χ3n) is 3.88. The maximum atomic E-state index is 13.6. The highest BCUT2D eigenvalue weighted by atomic mass is 32.1. The molecule has 12 heteroatoms. The predicted octanol–water partition coefficient (Wildman–Crippen LogP) is 3.82. The van der Waals surface area contributed by atoms with Gasteiger partial charge in [-0.05, 0) is 12.5 Å². The van der Waals surface area contributed by atoms with Crippen LogP contribution in [0.3, 0.4) is 0 Å². The van der Waals surface area contributed by atoms with Gasteiger partial charge in [0.05, 0.1) is 22.4 Å². The molecule has 1 fully saturated rings. The summed E-state index contributed by atoms with van der Waals surface area (Å²) in [5, 5.41) is 10.4. The quantitative estimate of drug-likeness (QED) is 0.439. The van der Waals surface area contributed by atoms with Gasteiger partial charge in [0.2, 0.25) is 0 Å². The third-order valence-corrected chi connectivity index (χ3v) is 5.04. The Balaban J connectivity index is 2.20. The second-order valence-corrected chi connectivity index (χ2v) is 6.79. The minimum Gasteiger partial charge on any atom is -0.342 e. The number of halogens is 5. The van der Waals surface area contributed by atoms with Crippen LogP contribution in [0.25, 0.3) is 10.1 Å². The van der Waals surface area contributed by atoms with E-state index in [0.29, 0.717) is 23.5 Å². The third kappa shape index (κ3) is 3.45. The van der Waals surface area contributed by atoms with Gasteiger partial charge in [0.1, 0.15) is 4.70 Å². The van der Waals surface area contributed by atoms with Crippen molar-refractivity contribution in [1.82, 2.24) is 4.98 Å². The lowest BCUT2D eigenvalue weighted by Gasteiger charge is -2.32. The first-order chi connectivity index (χ1) is 12.0. The highest BCUT2D eigenvalue weighted by molar-refractivity contribution is 7.22. The minimum atomic E-state index is -4.89. The van der Waals surface area contributed by atoms with Gasteiger partial charge in [-0.3, -0.25) is 14.9 Å². The summed E-state index contributed by atoms with van der Waals surface area (Å²) < 4.78 is 65.6. The minimum absolute atomic E-state index is 0.128. The number of non-ortho nitro benzene ring substituents is 1. The molecule has 1 saturated heterocycles. The Bertz CT molecular complexity index is 944. The van der Waals surface area contributed by atoms with Crippen molar-refractivity contribution in [3.05, 3.63) is 38.2 Å². The molecular weight excluding hydrogens is 385 g/mol. The fourth-order valence-corrected chi connectivity index (χ4v) is 3.79. The zero-order chi connectivity index (χ0) is 19.3. The summed E-state index contributed by atoms with van der Waals surface area (Å²) in [5.74, 6) is -3.00. The van der Waals surface area contributed by atoms with Crippen LogP contribution in [-0.4, -0.2) is 28.9 Å². The molecule has 1 aliphatic rings. The van der Waals surface area contributed by atoms with Crippen molar-refractivity contribution in [2.45, 2.75) is 24.9 Å². The molecule has 1 aliphatic heterocycles. The summed E-state index contributed by atoms with van der Waals surface area (Å²) in [5.41, 5.74) is -3.39. The number of alkyl halides is 5. The molecule has 140 valence electrons. The van der Waals surface area contributed by atoms with Gasteiger partial charge in [0.15, 0.2) is 5.13 Å². The maximum absolute atomic E-state index is 13.6. The average Bonchev–Trinajstić information content (AvgIpc) is 2.51. The van der Waals surface area contributed by atoms with Crippen molar-refractivity contribution >= 4 is 32.2 Å². The molecule has 0 spiro atoms. The van der Waals surface area contributed by atoms with Crippen molar-refractivity contribution in [3.63, 3.8) is 0 Å². The van der Waals surface area contributed by atoms with E-state index in [0.717, 1.165) is 4.90 Å². The second-order valence-electron chi connectivity index (χ2n) is 5.81. The number of fused-ring (bicyclic) bond motifs is 1. The molecule has 0 bridgehead atoms. The van der Waals surface area contributed by atoms with Crippen LogP contribution >= 0.6 is 11.3 Å². The van der Waals surface area contributed by atoms with Crippen molar-refractivity contribution in [1.29, 1.82) is 0 Å². The lowest BCUT2D eigenvalue weighted by atomic mass is 10.1. The van der Waals surface area contributed by atoms with Crippen LogP contribution in [0.4, 0.5) is 32.8 Å². The average molecular weight is 395 g/mol. The van der Waals surface area contributed by atoms with E-state index in [1.54, 1.807) is 0 Å². The first-order valence-electron chi connectivity index (χ1n) is 7.31. The maximum Gasteiger partial charge on any atom is 0.416 e. The van der Waals surface area contributed by atoms with E-state index < -0.39 is 45.8 Å². The molecule has 0 N–H and O–H groups in total. The summed E-state index contributed by atoms with van der Waals surface area (Å²) >= 11 is 0.555. The van der Waals surface area contributed by atoms with Gasteiger partial charge in [-0.25, -0.2) is 8.78 Å². The molecule has 0 atom stereocenters. The Labute approximate surface area is 146 Å². The van der Waals surface area contributed by atoms with Crippen LogP contribution < -0.4 is 10.5 Å². The second kappa shape index (κ2) is 6.11. The van der Waals surface area contributed by atoms with E-state index in [1.807, 2.05) is 0 Å². The number of aromatic nitrogens is 1. The van der Waals surface area contributed by atoms with Gasteiger partial charge in [0, 0.05) is 19.0 Å². The van der Waals surface area contributed by atoms with Crippen molar-refractivity contribution in [2.24, 2.45) is 0 Å². The first-order valence-corrected chi connectivity index (χ1v) is 8.13. The van der Waals surface area contributed by atoms with Gasteiger partial charge in [0.25, 0.3) is 17.2 Å². The number of nitro benzene ring substituents is 1. The summed E-state index contributed by atoms with van der Waals surface area (Å²) in [6.07, 6.45) is -5.09. The van der Waals surface area contributed by atoms with E-state index in [1.165, 1.54) is 0 Å². The Morgan fingerprint density at radius 1 is 1.31 bits per heavy atom. The number of benzene rings is 1. The number of hydrogen-bond donors (Lipinski definition) is 0. The van der Waals surface area contributed by atoms with E-state index in [2.05, 4.69) is 4.98 Å². The van der Waals surface area contributed by atoms with Crippen molar-refractivity contribution in [2.75, 3.05) is 18.0 Å². The van der Waals surface area contributed by atoms with Crippen molar-refractivity contribution in [3.8, 4) is 0 Å². The smallest absolute Gasteiger partial charge is 0.342 e. The fourth-order valence-electron chi connectivity index (χ4n) is 2.70. The highest BCUT2D eigenvalue weighted by Crippen LogP contribution is 2.39. The summed E-state index contributed by atoms with van der Waals surface area (Å²) in [6, 6.07) is 0.815. The summed E-state index contributed by atoms with van der Waals surface area (Å²) in [4.78, 5) is 27.0.